The molecule has 2 heterocycles. The summed E-state index contributed by atoms with van der Waals surface area (Å²) < 4.78 is 4.37. The maximum Gasteiger partial charge on any atom is 0.122 e. The van der Waals surface area contributed by atoms with Crippen LogP contribution in [0.5, 0.6) is 0 Å². The zero-order valence-corrected chi connectivity index (χ0v) is 13.9. The van der Waals surface area contributed by atoms with Gasteiger partial charge in [-0.25, -0.2) is 9.97 Å². The first kappa shape index (κ1) is 16.7. The van der Waals surface area contributed by atoms with E-state index in [1.807, 2.05) is 18.6 Å². The van der Waals surface area contributed by atoms with Gasteiger partial charge in [0.15, 0.2) is 0 Å². The first-order valence-corrected chi connectivity index (χ1v) is 8.09. The van der Waals surface area contributed by atoms with Gasteiger partial charge < -0.3 is 14.9 Å². The topological polar surface area (TPSA) is 64.9 Å². The van der Waals surface area contributed by atoms with Crippen LogP contribution in [0.1, 0.15) is 38.8 Å². The number of nitrogens with two attached hydrogens (primary N) is 1. The van der Waals surface area contributed by atoms with E-state index in [2.05, 4.69) is 51.0 Å². The van der Waals surface area contributed by atoms with Crippen LogP contribution in [0.3, 0.4) is 0 Å². The summed E-state index contributed by atoms with van der Waals surface area (Å²) in [7, 11) is 0. The lowest BCUT2D eigenvalue weighted by Gasteiger charge is -2.26. The third-order valence-corrected chi connectivity index (χ3v) is 3.86. The van der Waals surface area contributed by atoms with Crippen molar-refractivity contribution < 1.29 is 0 Å². The summed E-state index contributed by atoms with van der Waals surface area (Å²) in [6.45, 7) is 10.7. The SMILES string of the molecule is CCCn1ccnc1CN(Cc1nccn1CCN)C(C)C. The highest BCUT2D eigenvalue weighted by Crippen LogP contribution is 2.12. The average Bonchev–Trinajstić information content (AvgIpc) is 3.09. The first-order valence-electron chi connectivity index (χ1n) is 8.09. The molecule has 0 aromatic carbocycles. The lowest BCUT2D eigenvalue weighted by Crippen LogP contribution is -2.32. The van der Waals surface area contributed by atoms with Gasteiger partial charge in [-0.05, 0) is 20.3 Å². The fourth-order valence-corrected chi connectivity index (χ4v) is 2.55. The summed E-state index contributed by atoms with van der Waals surface area (Å²) in [5.41, 5.74) is 5.67. The molecule has 2 aromatic heterocycles. The average molecular weight is 304 g/mol. The third kappa shape index (κ3) is 4.18. The molecule has 22 heavy (non-hydrogen) atoms. The van der Waals surface area contributed by atoms with Crippen molar-refractivity contribution in [1.29, 1.82) is 0 Å². The summed E-state index contributed by atoms with van der Waals surface area (Å²) in [5, 5.41) is 0. The van der Waals surface area contributed by atoms with Crippen LogP contribution in [-0.2, 0) is 26.2 Å². The van der Waals surface area contributed by atoms with Gasteiger partial charge in [-0.15, -0.1) is 0 Å². The molecule has 0 saturated heterocycles. The van der Waals surface area contributed by atoms with Crippen LogP contribution in [0.4, 0.5) is 0 Å². The van der Waals surface area contributed by atoms with Crippen LogP contribution >= 0.6 is 0 Å². The molecule has 0 fully saturated rings. The maximum atomic E-state index is 5.67. The van der Waals surface area contributed by atoms with Crippen molar-refractivity contribution in [2.75, 3.05) is 6.54 Å². The lowest BCUT2D eigenvalue weighted by atomic mass is 10.3. The second-order valence-electron chi connectivity index (χ2n) is 5.86. The Morgan fingerprint density at radius 1 is 1.05 bits per heavy atom. The van der Waals surface area contributed by atoms with E-state index in [9.17, 15) is 0 Å². The van der Waals surface area contributed by atoms with E-state index in [0.29, 0.717) is 12.6 Å². The van der Waals surface area contributed by atoms with Gasteiger partial charge in [0, 0.05) is 50.5 Å². The number of imidazole rings is 2. The molecule has 0 bridgehead atoms. The van der Waals surface area contributed by atoms with Crippen molar-refractivity contribution in [2.24, 2.45) is 5.73 Å². The van der Waals surface area contributed by atoms with Gasteiger partial charge in [-0.1, -0.05) is 6.92 Å². The quantitative estimate of drug-likeness (QED) is 0.768. The minimum Gasteiger partial charge on any atom is -0.334 e. The third-order valence-electron chi connectivity index (χ3n) is 3.86. The first-order chi connectivity index (χ1) is 10.7. The molecule has 2 N–H and O–H groups in total. The van der Waals surface area contributed by atoms with E-state index in [1.54, 1.807) is 0 Å². The van der Waals surface area contributed by atoms with Crippen molar-refractivity contribution in [2.45, 2.75) is 59.4 Å². The van der Waals surface area contributed by atoms with E-state index < -0.39 is 0 Å². The van der Waals surface area contributed by atoms with Crippen molar-refractivity contribution in [3.05, 3.63) is 36.4 Å². The Morgan fingerprint density at radius 2 is 1.59 bits per heavy atom. The molecule has 0 aliphatic heterocycles. The Balaban J connectivity index is 2.09. The number of aryl methyl sites for hydroxylation is 1. The molecule has 2 aromatic rings. The van der Waals surface area contributed by atoms with Gasteiger partial charge in [0.25, 0.3) is 0 Å². The number of hydrogen-bond acceptors (Lipinski definition) is 4. The highest BCUT2D eigenvalue weighted by atomic mass is 15.2. The van der Waals surface area contributed by atoms with Gasteiger partial charge >= 0.3 is 0 Å². The largest absolute Gasteiger partial charge is 0.334 e. The smallest absolute Gasteiger partial charge is 0.122 e. The molecule has 0 spiro atoms. The van der Waals surface area contributed by atoms with Crippen LogP contribution in [0, 0.1) is 0 Å². The molecule has 0 amide bonds. The minimum absolute atomic E-state index is 0.426. The van der Waals surface area contributed by atoms with Crippen molar-refractivity contribution in [1.82, 2.24) is 24.0 Å². The van der Waals surface area contributed by atoms with E-state index in [1.165, 1.54) is 0 Å². The Hall–Kier alpha value is -1.66. The molecule has 0 aliphatic carbocycles. The molecule has 2 rings (SSSR count). The second-order valence-corrected chi connectivity index (χ2v) is 5.86. The zero-order chi connectivity index (χ0) is 15.9. The van der Waals surface area contributed by atoms with E-state index in [0.717, 1.165) is 44.2 Å². The predicted molar refractivity (Wildman–Crippen MR) is 88.2 cm³/mol. The number of hydrogen-bond donors (Lipinski definition) is 1. The fourth-order valence-electron chi connectivity index (χ4n) is 2.55. The maximum absolute atomic E-state index is 5.67. The van der Waals surface area contributed by atoms with E-state index in [-0.39, 0.29) is 0 Å². The lowest BCUT2D eigenvalue weighted by molar-refractivity contribution is 0.188. The summed E-state index contributed by atoms with van der Waals surface area (Å²) in [4.78, 5) is 11.4. The normalized spacial score (nSPS) is 11.7. The number of aromatic nitrogens is 4. The Kier molecular flexibility index (Phi) is 6.15. The van der Waals surface area contributed by atoms with Crippen molar-refractivity contribution in [3.63, 3.8) is 0 Å². The Morgan fingerprint density at radius 3 is 2.05 bits per heavy atom. The Labute approximate surface area is 133 Å². The molecule has 0 radical (unpaired) electrons. The van der Waals surface area contributed by atoms with Crippen LogP contribution in [-0.4, -0.2) is 36.6 Å². The molecule has 0 aliphatic rings. The monoisotopic (exact) mass is 304 g/mol. The molecule has 0 unspecified atom stereocenters. The summed E-state index contributed by atoms with van der Waals surface area (Å²) in [5.74, 6) is 2.18. The van der Waals surface area contributed by atoms with E-state index in [4.69, 9.17) is 5.73 Å². The molecular formula is C16H28N6. The Bertz CT molecular complexity index is 510. The van der Waals surface area contributed by atoms with Gasteiger partial charge in [-0.3, -0.25) is 4.90 Å². The van der Waals surface area contributed by atoms with Crippen LogP contribution in [0.15, 0.2) is 24.8 Å². The summed E-state index contributed by atoms with van der Waals surface area (Å²) in [6.07, 6.45) is 8.91. The number of rotatable bonds is 9. The molecular weight excluding hydrogens is 276 g/mol. The van der Waals surface area contributed by atoms with Crippen LogP contribution in [0.25, 0.3) is 0 Å². The van der Waals surface area contributed by atoms with Crippen molar-refractivity contribution >= 4 is 0 Å². The highest BCUT2D eigenvalue weighted by Gasteiger charge is 2.16. The zero-order valence-electron chi connectivity index (χ0n) is 13.9. The standard InChI is InChI=1S/C16H28N6/c1-4-8-20-10-6-18-15(20)12-22(14(2)3)13-16-19-7-11-21(16)9-5-17/h6-7,10-11,14H,4-5,8-9,12-13,17H2,1-3H3. The highest BCUT2D eigenvalue weighted by molar-refractivity contribution is 4.96. The molecule has 6 heteroatoms. The molecule has 0 atom stereocenters. The molecule has 122 valence electrons. The number of nitrogens with zero attached hydrogens (tertiary/aromatic N) is 5. The van der Waals surface area contributed by atoms with Gasteiger partial charge in [0.05, 0.1) is 13.1 Å². The van der Waals surface area contributed by atoms with Gasteiger partial charge in [0.2, 0.25) is 0 Å². The van der Waals surface area contributed by atoms with Crippen LogP contribution < -0.4 is 5.73 Å². The minimum atomic E-state index is 0.426. The second kappa shape index (κ2) is 8.10. The summed E-state index contributed by atoms with van der Waals surface area (Å²) >= 11 is 0. The van der Waals surface area contributed by atoms with E-state index >= 15 is 0 Å². The predicted octanol–water partition coefficient (Wildman–Crippen LogP) is 1.86. The molecule has 0 saturated carbocycles. The van der Waals surface area contributed by atoms with Gasteiger partial charge in [0.1, 0.15) is 11.6 Å². The summed E-state index contributed by atoms with van der Waals surface area (Å²) in [6, 6.07) is 0.426. The molecule has 6 nitrogen and oxygen atoms in total. The van der Waals surface area contributed by atoms with Crippen LogP contribution in [0.2, 0.25) is 0 Å². The van der Waals surface area contributed by atoms with Gasteiger partial charge in [-0.2, -0.15) is 0 Å². The fraction of sp³-hybridized carbons (Fsp3) is 0.625. The van der Waals surface area contributed by atoms with Crippen molar-refractivity contribution in [3.8, 4) is 0 Å².